The zero-order valence-corrected chi connectivity index (χ0v) is 8.08. The Morgan fingerprint density at radius 2 is 2.07 bits per heavy atom. The predicted molar refractivity (Wildman–Crippen MR) is 58.1 cm³/mol. The number of carbonyl (C=O) groups excluding carboxylic acids is 1. The van der Waals surface area contributed by atoms with Crippen molar-refractivity contribution in [1.82, 2.24) is 9.55 Å². The molecule has 0 aliphatic heterocycles. The largest absolute Gasteiger partial charge is 0.306 e. The lowest BCUT2D eigenvalue weighted by molar-refractivity contribution is -0.104. The van der Waals surface area contributed by atoms with Crippen LogP contribution in [0.15, 0.2) is 55.1 Å². The standard InChI is InChI=1S/C12H10N2O/c15-9-6-12(14-8-7-13-10-14)11-4-2-1-3-5-11/h1-10H/b12-6+. The van der Waals surface area contributed by atoms with E-state index in [1.54, 1.807) is 12.5 Å². The molecule has 0 spiro atoms. The summed E-state index contributed by atoms with van der Waals surface area (Å²) in [7, 11) is 0. The third-order valence-electron chi connectivity index (χ3n) is 2.08. The van der Waals surface area contributed by atoms with Crippen molar-refractivity contribution >= 4 is 12.0 Å². The summed E-state index contributed by atoms with van der Waals surface area (Å²) in [5, 5.41) is 0. The van der Waals surface area contributed by atoms with Gasteiger partial charge in [-0.25, -0.2) is 4.98 Å². The number of aromatic nitrogens is 2. The van der Waals surface area contributed by atoms with E-state index in [0.717, 1.165) is 17.5 Å². The molecule has 0 atom stereocenters. The van der Waals surface area contributed by atoms with Crippen LogP contribution in [0, 0.1) is 0 Å². The van der Waals surface area contributed by atoms with Crippen LogP contribution in [-0.2, 0) is 4.79 Å². The first-order valence-electron chi connectivity index (χ1n) is 4.61. The van der Waals surface area contributed by atoms with Crippen LogP contribution in [0.3, 0.4) is 0 Å². The summed E-state index contributed by atoms with van der Waals surface area (Å²) in [5.41, 5.74) is 1.81. The lowest BCUT2D eigenvalue weighted by atomic mass is 10.1. The molecule has 1 heterocycles. The predicted octanol–water partition coefficient (Wildman–Crippen LogP) is 1.97. The smallest absolute Gasteiger partial charge is 0.144 e. The highest BCUT2D eigenvalue weighted by molar-refractivity contribution is 5.81. The minimum Gasteiger partial charge on any atom is -0.306 e. The van der Waals surface area contributed by atoms with Crippen LogP contribution < -0.4 is 0 Å². The Labute approximate surface area is 87.7 Å². The highest BCUT2D eigenvalue weighted by atomic mass is 16.1. The summed E-state index contributed by atoms with van der Waals surface area (Å²) in [6, 6.07) is 9.72. The molecular weight excluding hydrogens is 188 g/mol. The Bertz CT molecular complexity index is 458. The van der Waals surface area contributed by atoms with Crippen LogP contribution in [0.1, 0.15) is 5.56 Å². The van der Waals surface area contributed by atoms with Crippen molar-refractivity contribution in [1.29, 1.82) is 0 Å². The van der Waals surface area contributed by atoms with Gasteiger partial charge in [-0.1, -0.05) is 30.3 Å². The number of hydrogen-bond donors (Lipinski definition) is 0. The second-order valence-electron chi connectivity index (χ2n) is 3.02. The van der Waals surface area contributed by atoms with E-state index in [2.05, 4.69) is 4.98 Å². The summed E-state index contributed by atoms with van der Waals surface area (Å²) >= 11 is 0. The van der Waals surface area contributed by atoms with Crippen LogP contribution in [0.5, 0.6) is 0 Å². The number of nitrogens with zero attached hydrogens (tertiary/aromatic N) is 2. The molecule has 0 radical (unpaired) electrons. The van der Waals surface area contributed by atoms with Gasteiger partial charge in [0.2, 0.25) is 0 Å². The van der Waals surface area contributed by atoms with Crippen molar-refractivity contribution in [2.75, 3.05) is 0 Å². The fourth-order valence-electron chi connectivity index (χ4n) is 1.41. The van der Waals surface area contributed by atoms with Crippen LogP contribution in [-0.4, -0.2) is 15.8 Å². The average Bonchev–Trinajstić information content (AvgIpc) is 2.80. The number of rotatable bonds is 3. The monoisotopic (exact) mass is 198 g/mol. The highest BCUT2D eigenvalue weighted by Gasteiger charge is 2.01. The van der Waals surface area contributed by atoms with Gasteiger partial charge in [-0.2, -0.15) is 0 Å². The normalized spacial score (nSPS) is 11.3. The van der Waals surface area contributed by atoms with E-state index < -0.39 is 0 Å². The van der Waals surface area contributed by atoms with Gasteiger partial charge in [0.25, 0.3) is 0 Å². The molecule has 0 amide bonds. The van der Waals surface area contributed by atoms with E-state index in [4.69, 9.17) is 0 Å². The van der Waals surface area contributed by atoms with Crippen LogP contribution in [0.2, 0.25) is 0 Å². The Morgan fingerprint density at radius 1 is 1.27 bits per heavy atom. The fraction of sp³-hybridized carbons (Fsp3) is 0. The quantitative estimate of drug-likeness (QED) is 0.558. The molecule has 3 nitrogen and oxygen atoms in total. The Morgan fingerprint density at radius 3 is 2.67 bits per heavy atom. The van der Waals surface area contributed by atoms with E-state index in [1.807, 2.05) is 41.1 Å². The van der Waals surface area contributed by atoms with Gasteiger partial charge < -0.3 is 4.57 Å². The number of hydrogen-bond acceptors (Lipinski definition) is 2. The second kappa shape index (κ2) is 4.37. The summed E-state index contributed by atoms with van der Waals surface area (Å²) < 4.78 is 1.81. The third kappa shape index (κ3) is 2.02. The summed E-state index contributed by atoms with van der Waals surface area (Å²) in [4.78, 5) is 14.5. The van der Waals surface area contributed by atoms with Gasteiger partial charge in [0, 0.05) is 18.5 Å². The van der Waals surface area contributed by atoms with Crippen LogP contribution >= 0.6 is 0 Å². The van der Waals surface area contributed by atoms with E-state index in [0.29, 0.717) is 0 Å². The molecular formula is C12H10N2O. The molecule has 0 unspecified atom stereocenters. The van der Waals surface area contributed by atoms with Crippen molar-refractivity contribution in [3.8, 4) is 0 Å². The molecule has 3 heteroatoms. The van der Waals surface area contributed by atoms with Crippen LogP contribution in [0.25, 0.3) is 5.70 Å². The summed E-state index contributed by atoms with van der Waals surface area (Å²) in [5.74, 6) is 0. The summed E-state index contributed by atoms with van der Waals surface area (Å²) in [6.07, 6.45) is 7.46. The maximum Gasteiger partial charge on any atom is 0.144 e. The number of benzene rings is 1. The number of allylic oxidation sites excluding steroid dienone is 1. The molecule has 0 N–H and O–H groups in total. The van der Waals surface area contributed by atoms with Gasteiger partial charge in [0.1, 0.15) is 6.29 Å². The van der Waals surface area contributed by atoms with Gasteiger partial charge in [-0.15, -0.1) is 0 Å². The molecule has 74 valence electrons. The van der Waals surface area contributed by atoms with E-state index in [-0.39, 0.29) is 0 Å². The van der Waals surface area contributed by atoms with Gasteiger partial charge >= 0.3 is 0 Å². The van der Waals surface area contributed by atoms with E-state index in [1.165, 1.54) is 6.08 Å². The lowest BCUT2D eigenvalue weighted by Gasteiger charge is -2.06. The Hall–Kier alpha value is -2.16. The minimum absolute atomic E-state index is 0.780. The molecule has 0 bridgehead atoms. The van der Waals surface area contributed by atoms with E-state index >= 15 is 0 Å². The van der Waals surface area contributed by atoms with Crippen molar-refractivity contribution < 1.29 is 4.79 Å². The van der Waals surface area contributed by atoms with Gasteiger partial charge in [0.05, 0.1) is 12.0 Å². The highest BCUT2D eigenvalue weighted by Crippen LogP contribution is 2.15. The van der Waals surface area contributed by atoms with Crippen molar-refractivity contribution in [3.05, 3.63) is 60.7 Å². The van der Waals surface area contributed by atoms with Gasteiger partial charge in [-0.3, -0.25) is 4.79 Å². The first-order valence-corrected chi connectivity index (χ1v) is 4.61. The fourth-order valence-corrected chi connectivity index (χ4v) is 1.41. The number of imidazole rings is 1. The van der Waals surface area contributed by atoms with Crippen molar-refractivity contribution in [2.45, 2.75) is 0 Å². The Kier molecular flexibility index (Phi) is 2.74. The number of carbonyl (C=O) groups is 1. The first-order chi connectivity index (χ1) is 7.42. The molecule has 0 saturated carbocycles. The average molecular weight is 198 g/mol. The third-order valence-corrected chi connectivity index (χ3v) is 2.08. The molecule has 0 saturated heterocycles. The summed E-state index contributed by atoms with van der Waals surface area (Å²) in [6.45, 7) is 0. The maximum absolute atomic E-state index is 10.6. The first kappa shape index (κ1) is 9.40. The van der Waals surface area contributed by atoms with Gasteiger partial charge in [0.15, 0.2) is 0 Å². The minimum atomic E-state index is 0.780. The SMILES string of the molecule is O=C/C=C(\c1ccccc1)n1ccnc1. The molecule has 2 aromatic rings. The molecule has 0 aliphatic carbocycles. The zero-order valence-electron chi connectivity index (χ0n) is 8.08. The van der Waals surface area contributed by atoms with Crippen molar-refractivity contribution in [3.63, 3.8) is 0 Å². The molecule has 0 fully saturated rings. The zero-order chi connectivity index (χ0) is 10.5. The van der Waals surface area contributed by atoms with Crippen molar-refractivity contribution in [2.24, 2.45) is 0 Å². The molecule has 15 heavy (non-hydrogen) atoms. The molecule has 2 rings (SSSR count). The Balaban J connectivity index is 2.47. The second-order valence-corrected chi connectivity index (χ2v) is 3.02. The van der Waals surface area contributed by atoms with Crippen LogP contribution in [0.4, 0.5) is 0 Å². The van der Waals surface area contributed by atoms with Gasteiger partial charge in [-0.05, 0) is 5.56 Å². The molecule has 1 aromatic carbocycles. The number of aldehydes is 1. The van der Waals surface area contributed by atoms with E-state index in [9.17, 15) is 4.79 Å². The maximum atomic E-state index is 10.6. The topological polar surface area (TPSA) is 34.9 Å². The molecule has 0 aliphatic rings. The lowest BCUT2D eigenvalue weighted by Crippen LogP contribution is -1.96. The molecule has 1 aromatic heterocycles.